The van der Waals surface area contributed by atoms with Crippen LogP contribution in [0.5, 0.6) is 0 Å². The first-order valence-corrected chi connectivity index (χ1v) is 10.6. The number of carbonyl (C=O) groups excluding carboxylic acids is 2. The van der Waals surface area contributed by atoms with Gasteiger partial charge in [-0.05, 0) is 50.6 Å². The van der Waals surface area contributed by atoms with E-state index < -0.39 is 0 Å². The average Bonchev–Trinajstić information content (AvgIpc) is 3.07. The first-order valence-electron chi connectivity index (χ1n) is 9.59. The van der Waals surface area contributed by atoms with Gasteiger partial charge in [-0.15, -0.1) is 10.2 Å². The molecule has 0 bridgehead atoms. The van der Waals surface area contributed by atoms with Gasteiger partial charge in [-0.25, -0.2) is 0 Å². The molecule has 0 aliphatic rings. The predicted molar refractivity (Wildman–Crippen MR) is 119 cm³/mol. The zero-order valence-electron chi connectivity index (χ0n) is 17.5. The number of nitrogens with zero attached hydrogens (tertiary/aromatic N) is 3. The van der Waals surface area contributed by atoms with Crippen LogP contribution in [-0.2, 0) is 11.8 Å². The molecular formula is C22H25N5O2S. The Morgan fingerprint density at radius 2 is 1.77 bits per heavy atom. The third kappa shape index (κ3) is 5.48. The number of hydrogen-bond donors (Lipinski definition) is 2. The number of rotatable bonds is 7. The maximum Gasteiger partial charge on any atom is 0.251 e. The molecule has 0 spiro atoms. The molecular weight excluding hydrogens is 398 g/mol. The van der Waals surface area contributed by atoms with Gasteiger partial charge in [0.15, 0.2) is 11.0 Å². The van der Waals surface area contributed by atoms with Gasteiger partial charge in [0.25, 0.3) is 5.91 Å². The van der Waals surface area contributed by atoms with Crippen LogP contribution < -0.4 is 10.6 Å². The highest BCUT2D eigenvalue weighted by Crippen LogP contribution is 2.20. The number of thioether (sulfide) groups is 1. The lowest BCUT2D eigenvalue weighted by Crippen LogP contribution is -2.28. The van der Waals surface area contributed by atoms with Crippen LogP contribution in [0.1, 0.15) is 40.3 Å². The fraction of sp³-hybridized carbons (Fsp3) is 0.273. The summed E-state index contributed by atoms with van der Waals surface area (Å²) in [4.78, 5) is 24.7. The Morgan fingerprint density at radius 3 is 2.47 bits per heavy atom. The maximum atomic E-state index is 12.5. The minimum absolute atomic E-state index is 0.115. The quantitative estimate of drug-likeness (QED) is 0.566. The van der Waals surface area contributed by atoms with Gasteiger partial charge in [0, 0.05) is 18.3 Å². The molecule has 1 atom stereocenters. The number of hydrogen-bond acceptors (Lipinski definition) is 5. The normalized spacial score (nSPS) is 11.7. The van der Waals surface area contributed by atoms with Crippen molar-refractivity contribution >= 4 is 29.3 Å². The van der Waals surface area contributed by atoms with E-state index in [0.717, 1.165) is 16.8 Å². The van der Waals surface area contributed by atoms with Crippen LogP contribution in [-0.4, -0.2) is 32.3 Å². The summed E-state index contributed by atoms with van der Waals surface area (Å²) in [6.45, 7) is 5.78. The van der Waals surface area contributed by atoms with E-state index in [-0.39, 0.29) is 23.6 Å². The second kappa shape index (κ2) is 9.58. The predicted octanol–water partition coefficient (Wildman–Crippen LogP) is 3.65. The van der Waals surface area contributed by atoms with Gasteiger partial charge in [-0.2, -0.15) is 0 Å². The second-order valence-electron chi connectivity index (χ2n) is 7.17. The van der Waals surface area contributed by atoms with E-state index in [1.54, 1.807) is 10.6 Å². The SMILES string of the molecule is Cc1cccc(NC(=O)CSc2nnc([C@@H](C)NC(=O)c3cccc(C)c3)n2C)c1. The van der Waals surface area contributed by atoms with Crippen LogP contribution >= 0.6 is 11.8 Å². The summed E-state index contributed by atoms with van der Waals surface area (Å²) in [7, 11) is 1.82. The van der Waals surface area contributed by atoms with Crippen molar-refractivity contribution in [1.82, 2.24) is 20.1 Å². The Morgan fingerprint density at radius 1 is 1.07 bits per heavy atom. The molecule has 0 saturated carbocycles. The van der Waals surface area contributed by atoms with Crippen LogP contribution in [0.3, 0.4) is 0 Å². The average molecular weight is 424 g/mol. The first-order chi connectivity index (χ1) is 14.3. The molecule has 0 saturated heterocycles. The van der Waals surface area contributed by atoms with Gasteiger partial charge in [-0.1, -0.05) is 41.6 Å². The van der Waals surface area contributed by atoms with Crippen molar-refractivity contribution in [2.45, 2.75) is 32.0 Å². The summed E-state index contributed by atoms with van der Waals surface area (Å²) in [5.74, 6) is 0.554. The van der Waals surface area contributed by atoms with Crippen LogP contribution in [0.2, 0.25) is 0 Å². The highest BCUT2D eigenvalue weighted by Gasteiger charge is 2.19. The molecule has 156 valence electrons. The number of amides is 2. The van der Waals surface area contributed by atoms with E-state index in [1.807, 2.05) is 70.3 Å². The van der Waals surface area contributed by atoms with E-state index in [2.05, 4.69) is 20.8 Å². The Labute approximate surface area is 180 Å². The van der Waals surface area contributed by atoms with Gasteiger partial charge >= 0.3 is 0 Å². The van der Waals surface area contributed by atoms with Crippen molar-refractivity contribution in [2.24, 2.45) is 7.05 Å². The third-order valence-electron chi connectivity index (χ3n) is 4.52. The summed E-state index contributed by atoms with van der Waals surface area (Å²) in [5.41, 5.74) is 3.48. The van der Waals surface area contributed by atoms with Crippen molar-refractivity contribution in [3.8, 4) is 0 Å². The second-order valence-corrected chi connectivity index (χ2v) is 8.11. The van der Waals surface area contributed by atoms with Crippen molar-refractivity contribution in [1.29, 1.82) is 0 Å². The largest absolute Gasteiger partial charge is 0.342 e. The molecule has 30 heavy (non-hydrogen) atoms. The number of benzene rings is 2. The summed E-state index contributed by atoms with van der Waals surface area (Å²) in [5, 5.41) is 14.8. The molecule has 2 aromatic carbocycles. The minimum atomic E-state index is -0.328. The molecule has 1 heterocycles. The Kier molecular flexibility index (Phi) is 6.89. The summed E-state index contributed by atoms with van der Waals surface area (Å²) < 4.78 is 1.80. The van der Waals surface area contributed by atoms with E-state index >= 15 is 0 Å². The fourth-order valence-corrected chi connectivity index (χ4v) is 3.73. The number of aromatic nitrogens is 3. The van der Waals surface area contributed by atoms with Gasteiger partial charge in [0.2, 0.25) is 5.91 Å². The van der Waals surface area contributed by atoms with Crippen LogP contribution in [0.25, 0.3) is 0 Å². The van der Waals surface area contributed by atoms with E-state index in [9.17, 15) is 9.59 Å². The lowest BCUT2D eigenvalue weighted by molar-refractivity contribution is -0.113. The molecule has 2 amide bonds. The summed E-state index contributed by atoms with van der Waals surface area (Å²) in [6, 6.07) is 14.7. The molecule has 8 heteroatoms. The first kappa shape index (κ1) is 21.6. The van der Waals surface area contributed by atoms with Crippen molar-refractivity contribution in [3.63, 3.8) is 0 Å². The molecule has 3 rings (SSSR count). The molecule has 1 aromatic heterocycles. The molecule has 0 aliphatic heterocycles. The molecule has 0 aliphatic carbocycles. The van der Waals surface area contributed by atoms with Gasteiger partial charge < -0.3 is 15.2 Å². The topological polar surface area (TPSA) is 88.9 Å². The number of nitrogens with one attached hydrogen (secondary N) is 2. The third-order valence-corrected chi connectivity index (χ3v) is 5.54. The van der Waals surface area contributed by atoms with Crippen molar-refractivity contribution in [2.75, 3.05) is 11.1 Å². The van der Waals surface area contributed by atoms with Crippen LogP contribution in [0, 0.1) is 13.8 Å². The zero-order chi connectivity index (χ0) is 21.7. The lowest BCUT2D eigenvalue weighted by Gasteiger charge is -2.14. The Hall–Kier alpha value is -3.13. The summed E-state index contributed by atoms with van der Waals surface area (Å²) >= 11 is 1.30. The van der Waals surface area contributed by atoms with Gasteiger partial charge in [-0.3, -0.25) is 9.59 Å². The maximum absolute atomic E-state index is 12.5. The molecule has 0 fully saturated rings. The molecule has 3 aromatic rings. The highest BCUT2D eigenvalue weighted by molar-refractivity contribution is 7.99. The highest BCUT2D eigenvalue weighted by atomic mass is 32.2. The molecule has 7 nitrogen and oxygen atoms in total. The number of carbonyl (C=O) groups is 2. The zero-order valence-corrected chi connectivity index (χ0v) is 18.3. The van der Waals surface area contributed by atoms with Crippen molar-refractivity contribution < 1.29 is 9.59 Å². The summed E-state index contributed by atoms with van der Waals surface area (Å²) in [6.07, 6.45) is 0. The lowest BCUT2D eigenvalue weighted by atomic mass is 10.1. The molecule has 2 N–H and O–H groups in total. The minimum Gasteiger partial charge on any atom is -0.342 e. The van der Waals surface area contributed by atoms with E-state index in [0.29, 0.717) is 16.5 Å². The Bertz CT molecular complexity index is 1060. The fourth-order valence-electron chi connectivity index (χ4n) is 3.01. The van der Waals surface area contributed by atoms with E-state index in [4.69, 9.17) is 0 Å². The monoisotopic (exact) mass is 423 g/mol. The van der Waals surface area contributed by atoms with Crippen LogP contribution in [0.15, 0.2) is 53.7 Å². The molecule has 0 radical (unpaired) electrons. The Balaban J connectivity index is 1.58. The molecule has 0 unspecified atom stereocenters. The van der Waals surface area contributed by atoms with Crippen LogP contribution in [0.4, 0.5) is 5.69 Å². The van der Waals surface area contributed by atoms with E-state index in [1.165, 1.54) is 11.8 Å². The van der Waals surface area contributed by atoms with Gasteiger partial charge in [0.1, 0.15) is 0 Å². The number of aryl methyl sites for hydroxylation is 2. The smallest absolute Gasteiger partial charge is 0.251 e. The van der Waals surface area contributed by atoms with Crippen molar-refractivity contribution in [3.05, 3.63) is 71.0 Å². The standard InChI is InChI=1S/C22H25N5O2S/c1-14-7-5-9-17(11-14)21(29)23-16(3)20-25-26-22(27(20)4)30-13-19(28)24-18-10-6-8-15(2)12-18/h5-12,16H,13H2,1-4H3,(H,23,29)(H,24,28)/t16-/m1/s1. The van der Waals surface area contributed by atoms with Gasteiger partial charge in [0.05, 0.1) is 11.8 Å². The number of anilines is 1.